The summed E-state index contributed by atoms with van der Waals surface area (Å²) in [4.78, 5) is 8.61. The zero-order valence-corrected chi connectivity index (χ0v) is 10.2. The molecule has 0 amide bonds. The highest BCUT2D eigenvalue weighted by molar-refractivity contribution is 5.67. The third-order valence-electron chi connectivity index (χ3n) is 2.71. The van der Waals surface area contributed by atoms with Gasteiger partial charge in [-0.2, -0.15) is 0 Å². The van der Waals surface area contributed by atoms with Gasteiger partial charge >= 0.3 is 0 Å². The Kier molecular flexibility index (Phi) is 2.73. The van der Waals surface area contributed by atoms with E-state index in [0.29, 0.717) is 0 Å². The molecule has 0 radical (unpaired) electrons. The number of aromatic nitrogens is 2. The molecular weight excluding hydrogens is 196 g/mol. The molecule has 0 saturated carbocycles. The smallest absolute Gasteiger partial charge is 0.125 e. The number of hydrogen-bond donors (Lipinski definition) is 0. The summed E-state index contributed by atoms with van der Waals surface area (Å²) in [6, 6.07) is 6.36. The van der Waals surface area contributed by atoms with Crippen LogP contribution < -0.4 is 0 Å². The van der Waals surface area contributed by atoms with Gasteiger partial charge in [-0.25, -0.2) is 9.97 Å². The van der Waals surface area contributed by atoms with Gasteiger partial charge in [-0.15, -0.1) is 0 Å². The molecule has 0 unspecified atom stereocenters. The molecular formula is C14H16N2. The van der Waals surface area contributed by atoms with Crippen LogP contribution in [0.25, 0.3) is 11.3 Å². The number of rotatable bonds is 1. The second kappa shape index (κ2) is 4.05. The zero-order chi connectivity index (χ0) is 11.7. The Balaban J connectivity index is 2.64. The molecule has 82 valence electrons. The van der Waals surface area contributed by atoms with E-state index in [0.717, 1.165) is 11.5 Å². The van der Waals surface area contributed by atoms with Crippen LogP contribution >= 0.6 is 0 Å². The highest BCUT2D eigenvalue weighted by Crippen LogP contribution is 2.26. The fourth-order valence-electron chi connectivity index (χ4n) is 2.18. The van der Waals surface area contributed by atoms with E-state index in [4.69, 9.17) is 0 Å². The van der Waals surface area contributed by atoms with Crippen molar-refractivity contribution in [3.63, 3.8) is 0 Å². The molecule has 0 bridgehead atoms. The summed E-state index contributed by atoms with van der Waals surface area (Å²) in [6.07, 6.45) is 1.82. The molecule has 1 aromatic heterocycles. The maximum atomic E-state index is 4.48. The summed E-state index contributed by atoms with van der Waals surface area (Å²) < 4.78 is 0. The number of aryl methyl sites for hydroxylation is 4. The van der Waals surface area contributed by atoms with Gasteiger partial charge in [-0.05, 0) is 44.9 Å². The van der Waals surface area contributed by atoms with Crippen LogP contribution in [0.3, 0.4) is 0 Å². The lowest BCUT2D eigenvalue weighted by Crippen LogP contribution is -1.95. The van der Waals surface area contributed by atoms with E-state index < -0.39 is 0 Å². The van der Waals surface area contributed by atoms with Crippen molar-refractivity contribution < 1.29 is 0 Å². The lowest BCUT2D eigenvalue weighted by atomic mass is 9.97. The van der Waals surface area contributed by atoms with E-state index in [-0.39, 0.29) is 0 Å². The van der Waals surface area contributed by atoms with Crippen molar-refractivity contribution in [2.24, 2.45) is 0 Å². The van der Waals surface area contributed by atoms with E-state index in [1.165, 1.54) is 22.3 Å². The third kappa shape index (κ3) is 1.96. The molecule has 0 N–H and O–H groups in total. The van der Waals surface area contributed by atoms with Gasteiger partial charge in [0, 0.05) is 11.8 Å². The van der Waals surface area contributed by atoms with Crippen LogP contribution in [0.15, 0.2) is 24.4 Å². The summed E-state index contributed by atoms with van der Waals surface area (Å²) in [7, 11) is 0. The molecule has 2 heteroatoms. The predicted molar refractivity (Wildman–Crippen MR) is 66.4 cm³/mol. The molecule has 2 aromatic rings. The van der Waals surface area contributed by atoms with E-state index in [2.05, 4.69) is 42.9 Å². The highest BCUT2D eigenvalue weighted by atomic mass is 14.9. The van der Waals surface area contributed by atoms with Gasteiger partial charge in [0.1, 0.15) is 5.82 Å². The maximum absolute atomic E-state index is 4.48. The van der Waals surface area contributed by atoms with Crippen LogP contribution in [0.2, 0.25) is 0 Å². The summed E-state index contributed by atoms with van der Waals surface area (Å²) in [6.45, 7) is 8.30. The van der Waals surface area contributed by atoms with Gasteiger partial charge in [0.2, 0.25) is 0 Å². The van der Waals surface area contributed by atoms with Crippen LogP contribution in [0.4, 0.5) is 0 Å². The Hall–Kier alpha value is -1.70. The second-order valence-electron chi connectivity index (χ2n) is 4.26. The first-order valence-electron chi connectivity index (χ1n) is 5.46. The van der Waals surface area contributed by atoms with Crippen molar-refractivity contribution >= 4 is 0 Å². The van der Waals surface area contributed by atoms with Crippen LogP contribution in [0.1, 0.15) is 22.5 Å². The second-order valence-corrected chi connectivity index (χ2v) is 4.26. The first-order chi connectivity index (χ1) is 7.58. The largest absolute Gasteiger partial charge is 0.242 e. The van der Waals surface area contributed by atoms with Gasteiger partial charge in [0.05, 0.1) is 5.69 Å². The Bertz CT molecular complexity index is 507. The lowest BCUT2D eigenvalue weighted by molar-refractivity contribution is 1.05. The minimum atomic E-state index is 0.817. The zero-order valence-electron chi connectivity index (χ0n) is 10.2. The normalized spacial score (nSPS) is 10.5. The summed E-state index contributed by atoms with van der Waals surface area (Å²) >= 11 is 0. The molecule has 0 aliphatic carbocycles. The van der Waals surface area contributed by atoms with Gasteiger partial charge in [-0.3, -0.25) is 0 Å². The Morgan fingerprint density at radius 1 is 0.938 bits per heavy atom. The average molecular weight is 212 g/mol. The molecule has 0 saturated heterocycles. The van der Waals surface area contributed by atoms with Crippen molar-refractivity contribution in [3.8, 4) is 11.3 Å². The minimum Gasteiger partial charge on any atom is -0.242 e. The third-order valence-corrected chi connectivity index (χ3v) is 2.71. The molecule has 0 atom stereocenters. The molecule has 1 heterocycles. The van der Waals surface area contributed by atoms with E-state index >= 15 is 0 Å². The first kappa shape index (κ1) is 10.8. The van der Waals surface area contributed by atoms with Crippen LogP contribution in [-0.4, -0.2) is 9.97 Å². The van der Waals surface area contributed by atoms with Gasteiger partial charge in [0.25, 0.3) is 0 Å². The molecule has 0 fully saturated rings. The number of hydrogen-bond acceptors (Lipinski definition) is 2. The Morgan fingerprint density at radius 3 is 2.12 bits per heavy atom. The molecule has 0 aliphatic rings. The van der Waals surface area contributed by atoms with Gasteiger partial charge in [-0.1, -0.05) is 17.7 Å². The Morgan fingerprint density at radius 2 is 1.56 bits per heavy atom. The van der Waals surface area contributed by atoms with Crippen LogP contribution in [-0.2, 0) is 0 Å². The molecule has 0 spiro atoms. The molecule has 2 rings (SSSR count). The average Bonchev–Trinajstić information content (AvgIpc) is 2.15. The SMILES string of the molecule is Cc1cc(C)c(-c2ccnc(C)n2)c(C)c1. The van der Waals surface area contributed by atoms with E-state index in [1.807, 2.05) is 19.2 Å². The fraction of sp³-hybridized carbons (Fsp3) is 0.286. The number of nitrogens with zero attached hydrogens (tertiary/aromatic N) is 2. The standard InChI is InChI=1S/C14H16N2/c1-9-7-10(2)14(11(3)8-9)13-5-6-15-12(4)16-13/h5-8H,1-4H3. The predicted octanol–water partition coefficient (Wildman–Crippen LogP) is 3.38. The molecule has 0 aliphatic heterocycles. The fourth-order valence-corrected chi connectivity index (χ4v) is 2.18. The van der Waals surface area contributed by atoms with Crippen molar-refractivity contribution in [3.05, 3.63) is 46.9 Å². The van der Waals surface area contributed by atoms with Gasteiger partial charge in [0.15, 0.2) is 0 Å². The summed E-state index contributed by atoms with van der Waals surface area (Å²) in [5, 5.41) is 0. The van der Waals surface area contributed by atoms with E-state index in [1.54, 1.807) is 0 Å². The van der Waals surface area contributed by atoms with Crippen molar-refractivity contribution in [2.75, 3.05) is 0 Å². The number of benzene rings is 1. The van der Waals surface area contributed by atoms with Crippen LogP contribution in [0, 0.1) is 27.7 Å². The quantitative estimate of drug-likeness (QED) is 0.724. The van der Waals surface area contributed by atoms with Crippen molar-refractivity contribution in [2.45, 2.75) is 27.7 Å². The Labute approximate surface area is 96.4 Å². The minimum absolute atomic E-state index is 0.817. The van der Waals surface area contributed by atoms with Crippen LogP contribution in [0.5, 0.6) is 0 Å². The highest BCUT2D eigenvalue weighted by Gasteiger charge is 2.07. The summed E-state index contributed by atoms with van der Waals surface area (Å²) in [5.74, 6) is 0.817. The molecule has 16 heavy (non-hydrogen) atoms. The van der Waals surface area contributed by atoms with E-state index in [9.17, 15) is 0 Å². The topological polar surface area (TPSA) is 25.8 Å². The summed E-state index contributed by atoms with van der Waals surface area (Å²) in [5.41, 5.74) is 6.09. The molecule has 2 nitrogen and oxygen atoms in total. The monoisotopic (exact) mass is 212 g/mol. The van der Waals surface area contributed by atoms with Crippen molar-refractivity contribution in [1.82, 2.24) is 9.97 Å². The molecule has 1 aromatic carbocycles. The van der Waals surface area contributed by atoms with Gasteiger partial charge < -0.3 is 0 Å². The lowest BCUT2D eigenvalue weighted by Gasteiger charge is -2.10. The maximum Gasteiger partial charge on any atom is 0.125 e. The van der Waals surface area contributed by atoms with Crippen molar-refractivity contribution in [1.29, 1.82) is 0 Å². The first-order valence-corrected chi connectivity index (χ1v) is 5.46.